The summed E-state index contributed by atoms with van der Waals surface area (Å²) in [7, 11) is 0. The van der Waals surface area contributed by atoms with Crippen molar-refractivity contribution in [2.45, 2.75) is 25.4 Å². The van der Waals surface area contributed by atoms with Gasteiger partial charge in [0.1, 0.15) is 5.75 Å². The molecule has 0 bridgehead atoms. The number of ether oxygens (including phenoxy) is 1. The van der Waals surface area contributed by atoms with E-state index in [1.807, 2.05) is 6.07 Å². The quantitative estimate of drug-likeness (QED) is 0.833. The van der Waals surface area contributed by atoms with Crippen LogP contribution >= 0.6 is 11.6 Å². The molecule has 3 nitrogen and oxygen atoms in total. The van der Waals surface area contributed by atoms with Crippen molar-refractivity contribution in [3.05, 3.63) is 28.3 Å². The van der Waals surface area contributed by atoms with Gasteiger partial charge in [-0.2, -0.15) is 0 Å². The molecular weight excluding hydrogens is 226 g/mol. The van der Waals surface area contributed by atoms with Gasteiger partial charge in [-0.15, -0.1) is 0 Å². The number of benzene rings is 1. The van der Waals surface area contributed by atoms with Crippen molar-refractivity contribution in [3.63, 3.8) is 0 Å². The molecule has 4 heteroatoms. The molecule has 88 valence electrons. The zero-order valence-electron chi connectivity index (χ0n) is 9.08. The van der Waals surface area contributed by atoms with E-state index in [9.17, 15) is 5.11 Å². The zero-order valence-corrected chi connectivity index (χ0v) is 9.83. The molecule has 1 aliphatic rings. The van der Waals surface area contributed by atoms with Gasteiger partial charge in [-0.3, -0.25) is 0 Å². The van der Waals surface area contributed by atoms with E-state index >= 15 is 0 Å². The van der Waals surface area contributed by atoms with Gasteiger partial charge in [0.05, 0.1) is 12.7 Å². The summed E-state index contributed by atoms with van der Waals surface area (Å²) in [6.45, 7) is 0.870. The summed E-state index contributed by atoms with van der Waals surface area (Å²) in [4.78, 5) is 0. The summed E-state index contributed by atoms with van der Waals surface area (Å²) < 4.78 is 5.68. The second-order valence-corrected chi connectivity index (χ2v) is 4.48. The molecule has 1 aliphatic heterocycles. The summed E-state index contributed by atoms with van der Waals surface area (Å²) in [5.74, 6) is 0.778. The van der Waals surface area contributed by atoms with Gasteiger partial charge in [-0.1, -0.05) is 11.6 Å². The van der Waals surface area contributed by atoms with Crippen LogP contribution in [0.2, 0.25) is 5.02 Å². The van der Waals surface area contributed by atoms with Crippen LogP contribution in [-0.2, 0) is 6.42 Å². The van der Waals surface area contributed by atoms with E-state index in [0.29, 0.717) is 17.2 Å². The van der Waals surface area contributed by atoms with Crippen molar-refractivity contribution < 1.29 is 9.84 Å². The average Bonchev–Trinajstić information content (AvgIpc) is 2.51. The van der Waals surface area contributed by atoms with Crippen LogP contribution < -0.4 is 10.5 Å². The Bertz CT molecular complexity index is 382. The molecule has 0 aromatic heterocycles. The molecule has 0 saturated carbocycles. The fourth-order valence-electron chi connectivity index (χ4n) is 2.00. The first-order valence-electron chi connectivity index (χ1n) is 5.55. The van der Waals surface area contributed by atoms with Gasteiger partial charge in [0.2, 0.25) is 0 Å². The molecule has 16 heavy (non-hydrogen) atoms. The number of aliphatic hydroxyl groups excluding tert-OH is 1. The number of aliphatic hydroxyl groups is 1. The first-order chi connectivity index (χ1) is 7.72. The maximum absolute atomic E-state index is 9.84. The first-order valence-corrected chi connectivity index (χ1v) is 5.93. The number of hydrogen-bond donors (Lipinski definition) is 2. The minimum Gasteiger partial charge on any atom is -0.493 e. The van der Waals surface area contributed by atoms with Gasteiger partial charge in [0, 0.05) is 17.1 Å². The molecule has 0 aliphatic carbocycles. The highest BCUT2D eigenvalue weighted by Crippen LogP contribution is 2.35. The van der Waals surface area contributed by atoms with Crippen LogP contribution in [0.5, 0.6) is 5.75 Å². The topological polar surface area (TPSA) is 55.5 Å². The smallest absolute Gasteiger partial charge is 0.128 e. The number of aryl methyl sites for hydroxylation is 1. The van der Waals surface area contributed by atoms with E-state index in [1.54, 1.807) is 6.07 Å². The molecule has 3 N–H and O–H groups in total. The Labute approximate surface area is 100 Å². The highest BCUT2D eigenvalue weighted by molar-refractivity contribution is 6.30. The zero-order chi connectivity index (χ0) is 11.5. The monoisotopic (exact) mass is 241 g/mol. The van der Waals surface area contributed by atoms with Crippen LogP contribution in [0.3, 0.4) is 0 Å². The highest BCUT2D eigenvalue weighted by atomic mass is 35.5. The minimum atomic E-state index is -0.703. The Balaban J connectivity index is 2.46. The summed E-state index contributed by atoms with van der Waals surface area (Å²) in [6, 6.07) is 3.65. The summed E-state index contributed by atoms with van der Waals surface area (Å²) >= 11 is 6.03. The fraction of sp³-hybridized carbons (Fsp3) is 0.500. The van der Waals surface area contributed by atoms with E-state index in [4.69, 9.17) is 22.1 Å². The molecule has 1 unspecified atom stereocenters. The fourth-order valence-corrected chi connectivity index (χ4v) is 2.25. The molecule has 0 radical (unpaired) electrons. The lowest BCUT2D eigenvalue weighted by Crippen LogP contribution is -2.13. The normalized spacial score (nSPS) is 17.2. The molecule has 0 amide bonds. The van der Waals surface area contributed by atoms with Crippen LogP contribution in [0.1, 0.15) is 30.1 Å². The van der Waals surface area contributed by atoms with Crippen molar-refractivity contribution in [2.24, 2.45) is 5.73 Å². The Morgan fingerprint density at radius 1 is 1.44 bits per heavy atom. The van der Waals surface area contributed by atoms with Crippen LogP contribution in [0, 0.1) is 0 Å². The molecule has 1 aromatic rings. The van der Waals surface area contributed by atoms with E-state index in [-0.39, 0.29) is 6.54 Å². The predicted molar refractivity (Wildman–Crippen MR) is 63.9 cm³/mol. The average molecular weight is 242 g/mol. The van der Waals surface area contributed by atoms with E-state index < -0.39 is 6.10 Å². The molecule has 0 fully saturated rings. The van der Waals surface area contributed by atoms with Crippen LogP contribution in [0.4, 0.5) is 0 Å². The van der Waals surface area contributed by atoms with Gasteiger partial charge in [-0.05, 0) is 37.0 Å². The predicted octanol–water partition coefficient (Wildman–Crippen LogP) is 2.05. The van der Waals surface area contributed by atoms with Gasteiger partial charge in [-0.25, -0.2) is 0 Å². The molecule has 0 spiro atoms. The third-order valence-electron chi connectivity index (χ3n) is 2.83. The molecule has 2 rings (SSSR count). The maximum atomic E-state index is 9.84. The van der Waals surface area contributed by atoms with E-state index in [1.165, 1.54) is 0 Å². The molecule has 1 atom stereocenters. The van der Waals surface area contributed by atoms with Crippen LogP contribution in [0.15, 0.2) is 12.1 Å². The number of halogens is 1. The Morgan fingerprint density at radius 3 is 3.00 bits per heavy atom. The van der Waals surface area contributed by atoms with Crippen molar-refractivity contribution in [1.29, 1.82) is 0 Å². The lowest BCUT2D eigenvalue weighted by atomic mass is 10.0. The molecule has 0 saturated heterocycles. The van der Waals surface area contributed by atoms with Gasteiger partial charge >= 0.3 is 0 Å². The number of rotatable bonds is 2. The number of nitrogens with two attached hydrogens (primary N) is 1. The Kier molecular flexibility index (Phi) is 3.69. The summed E-state index contributed by atoms with van der Waals surface area (Å²) in [5.41, 5.74) is 7.27. The van der Waals surface area contributed by atoms with E-state index in [0.717, 1.165) is 30.6 Å². The van der Waals surface area contributed by atoms with Crippen molar-refractivity contribution >= 4 is 11.6 Å². The summed E-state index contributed by atoms with van der Waals surface area (Å²) in [5, 5.41) is 10.5. The van der Waals surface area contributed by atoms with Crippen LogP contribution in [-0.4, -0.2) is 18.3 Å². The second kappa shape index (κ2) is 5.04. The van der Waals surface area contributed by atoms with E-state index in [2.05, 4.69) is 0 Å². The largest absolute Gasteiger partial charge is 0.493 e. The van der Waals surface area contributed by atoms with Crippen molar-refractivity contribution in [2.75, 3.05) is 13.2 Å². The molecule has 1 heterocycles. The van der Waals surface area contributed by atoms with Crippen LogP contribution in [0.25, 0.3) is 0 Å². The SMILES string of the molecule is NCC(O)c1cc(Cl)cc2c1OCCCC2. The van der Waals surface area contributed by atoms with Crippen molar-refractivity contribution in [3.8, 4) is 5.75 Å². The first kappa shape index (κ1) is 11.7. The third-order valence-corrected chi connectivity index (χ3v) is 3.05. The number of fused-ring (bicyclic) bond motifs is 1. The van der Waals surface area contributed by atoms with Gasteiger partial charge in [0.15, 0.2) is 0 Å². The molecular formula is C12H16ClNO2. The highest BCUT2D eigenvalue weighted by Gasteiger charge is 2.19. The third kappa shape index (κ3) is 2.32. The Morgan fingerprint density at radius 2 is 2.25 bits per heavy atom. The second-order valence-electron chi connectivity index (χ2n) is 4.04. The standard InChI is InChI=1S/C12H16ClNO2/c13-9-5-8-3-1-2-4-16-12(8)10(6-9)11(15)7-14/h5-6,11,15H,1-4,7,14H2. The maximum Gasteiger partial charge on any atom is 0.128 e. The number of hydrogen-bond acceptors (Lipinski definition) is 3. The Hall–Kier alpha value is -0.770. The minimum absolute atomic E-state index is 0.177. The molecule has 1 aromatic carbocycles. The summed E-state index contributed by atoms with van der Waals surface area (Å²) in [6.07, 6.45) is 2.36. The van der Waals surface area contributed by atoms with Gasteiger partial charge in [0.25, 0.3) is 0 Å². The lowest BCUT2D eigenvalue weighted by molar-refractivity contribution is 0.179. The van der Waals surface area contributed by atoms with Crippen molar-refractivity contribution in [1.82, 2.24) is 0 Å². The lowest BCUT2D eigenvalue weighted by Gasteiger charge is -2.17. The van der Waals surface area contributed by atoms with Gasteiger partial charge < -0.3 is 15.6 Å².